The zero-order chi connectivity index (χ0) is 15.0. The zero-order valence-corrected chi connectivity index (χ0v) is 12.3. The molecule has 0 aliphatic heterocycles. The lowest BCUT2D eigenvalue weighted by Gasteiger charge is -2.08. The molecule has 0 radical (unpaired) electrons. The number of aromatic nitrogens is 1. The molecule has 0 amide bonds. The Morgan fingerprint density at radius 2 is 1.81 bits per heavy atom. The SMILES string of the molecule is Cc1ccc(S(=O)(=O)c2cc(CO)cc3[nH]ccc23)cc1. The van der Waals surface area contributed by atoms with E-state index in [0.29, 0.717) is 16.5 Å². The van der Waals surface area contributed by atoms with Crippen molar-refractivity contribution < 1.29 is 13.5 Å². The van der Waals surface area contributed by atoms with E-state index >= 15 is 0 Å². The number of fused-ring (bicyclic) bond motifs is 1. The number of hydrogen-bond donors (Lipinski definition) is 2. The van der Waals surface area contributed by atoms with E-state index in [9.17, 15) is 13.5 Å². The molecule has 0 unspecified atom stereocenters. The molecule has 1 heterocycles. The minimum Gasteiger partial charge on any atom is -0.392 e. The summed E-state index contributed by atoms with van der Waals surface area (Å²) in [5, 5.41) is 9.96. The average molecular weight is 301 g/mol. The lowest BCUT2D eigenvalue weighted by molar-refractivity contribution is 0.281. The lowest BCUT2D eigenvalue weighted by Crippen LogP contribution is -2.03. The van der Waals surface area contributed by atoms with E-state index in [1.54, 1.807) is 42.6 Å². The van der Waals surface area contributed by atoms with Crippen LogP contribution in [-0.4, -0.2) is 18.5 Å². The summed E-state index contributed by atoms with van der Waals surface area (Å²) in [6.45, 7) is 1.71. The average Bonchev–Trinajstić information content (AvgIpc) is 2.94. The number of sulfone groups is 1. The summed E-state index contributed by atoms with van der Waals surface area (Å²) in [6.07, 6.45) is 1.69. The van der Waals surface area contributed by atoms with E-state index in [0.717, 1.165) is 5.56 Å². The van der Waals surface area contributed by atoms with E-state index < -0.39 is 9.84 Å². The molecule has 0 spiro atoms. The van der Waals surface area contributed by atoms with E-state index in [1.165, 1.54) is 6.07 Å². The molecule has 0 saturated heterocycles. The number of aromatic amines is 1. The summed E-state index contributed by atoms with van der Waals surface area (Å²) in [6, 6.07) is 11.8. The third-order valence-corrected chi connectivity index (χ3v) is 5.30. The second-order valence-corrected chi connectivity index (χ2v) is 6.93. The van der Waals surface area contributed by atoms with Crippen LogP contribution in [0.1, 0.15) is 11.1 Å². The predicted molar refractivity (Wildman–Crippen MR) is 80.9 cm³/mol. The highest BCUT2D eigenvalue weighted by atomic mass is 32.2. The number of hydrogen-bond acceptors (Lipinski definition) is 3. The van der Waals surface area contributed by atoms with Gasteiger partial charge in [0.25, 0.3) is 0 Å². The van der Waals surface area contributed by atoms with E-state index in [2.05, 4.69) is 4.98 Å². The Morgan fingerprint density at radius 3 is 2.48 bits per heavy atom. The fourth-order valence-corrected chi connectivity index (χ4v) is 3.87. The predicted octanol–water partition coefficient (Wildman–Crippen LogP) is 2.80. The normalized spacial score (nSPS) is 11.9. The molecule has 2 N–H and O–H groups in total. The Labute approximate surface area is 123 Å². The maximum atomic E-state index is 12.8. The molecule has 0 aliphatic carbocycles. The standard InChI is InChI=1S/C16H15NO3S/c1-11-2-4-13(5-3-11)21(19,20)16-9-12(10-18)8-15-14(16)6-7-17-15/h2-9,17-18H,10H2,1H3. The van der Waals surface area contributed by atoms with Crippen LogP contribution < -0.4 is 0 Å². The number of rotatable bonds is 3. The van der Waals surface area contributed by atoms with Crippen LogP contribution in [0.25, 0.3) is 10.9 Å². The van der Waals surface area contributed by atoms with Crippen LogP contribution in [0.4, 0.5) is 0 Å². The first-order valence-electron chi connectivity index (χ1n) is 6.55. The Morgan fingerprint density at radius 1 is 1.10 bits per heavy atom. The van der Waals surface area contributed by atoms with Gasteiger partial charge in [-0.1, -0.05) is 17.7 Å². The molecule has 2 aromatic carbocycles. The van der Waals surface area contributed by atoms with E-state index in [-0.39, 0.29) is 16.4 Å². The highest BCUT2D eigenvalue weighted by Crippen LogP contribution is 2.29. The second kappa shape index (κ2) is 5.02. The topological polar surface area (TPSA) is 70.2 Å². The van der Waals surface area contributed by atoms with Crippen LogP contribution >= 0.6 is 0 Å². The summed E-state index contributed by atoms with van der Waals surface area (Å²) in [5.41, 5.74) is 2.27. The zero-order valence-electron chi connectivity index (χ0n) is 11.5. The summed E-state index contributed by atoms with van der Waals surface area (Å²) < 4.78 is 25.7. The molecular weight excluding hydrogens is 286 g/mol. The van der Waals surface area contributed by atoms with Crippen molar-refractivity contribution >= 4 is 20.7 Å². The van der Waals surface area contributed by atoms with E-state index in [4.69, 9.17) is 0 Å². The van der Waals surface area contributed by atoms with Crippen LogP contribution in [0.2, 0.25) is 0 Å². The number of H-pyrrole nitrogens is 1. The number of aryl methyl sites for hydroxylation is 1. The molecular formula is C16H15NO3S. The quantitative estimate of drug-likeness (QED) is 0.781. The van der Waals surface area contributed by atoms with Crippen LogP contribution in [0.5, 0.6) is 0 Å². The first-order valence-corrected chi connectivity index (χ1v) is 8.03. The molecule has 0 bridgehead atoms. The van der Waals surface area contributed by atoms with Crippen molar-refractivity contribution in [1.29, 1.82) is 0 Å². The lowest BCUT2D eigenvalue weighted by atomic mass is 10.2. The van der Waals surface area contributed by atoms with Gasteiger partial charge in [0.05, 0.1) is 16.4 Å². The summed E-state index contributed by atoms with van der Waals surface area (Å²) in [4.78, 5) is 3.46. The van der Waals surface area contributed by atoms with Crippen molar-refractivity contribution in [2.45, 2.75) is 23.3 Å². The van der Waals surface area contributed by atoms with Gasteiger partial charge in [-0.05, 0) is 42.8 Å². The Balaban J connectivity index is 2.27. The summed E-state index contributed by atoms with van der Waals surface area (Å²) in [5.74, 6) is 0. The molecule has 1 aromatic heterocycles. The van der Waals surface area contributed by atoms with Crippen molar-refractivity contribution in [2.75, 3.05) is 0 Å². The van der Waals surface area contributed by atoms with Gasteiger partial charge in [-0.25, -0.2) is 8.42 Å². The van der Waals surface area contributed by atoms with Gasteiger partial charge in [-0.3, -0.25) is 0 Å². The van der Waals surface area contributed by atoms with Gasteiger partial charge in [0.15, 0.2) is 0 Å². The minimum atomic E-state index is -3.62. The first-order chi connectivity index (χ1) is 10.0. The van der Waals surface area contributed by atoms with Gasteiger partial charge in [0.1, 0.15) is 0 Å². The molecule has 3 aromatic rings. The van der Waals surface area contributed by atoms with Gasteiger partial charge >= 0.3 is 0 Å². The Bertz CT molecular complexity index is 893. The van der Waals surface area contributed by atoms with Crippen molar-refractivity contribution in [3.05, 3.63) is 59.8 Å². The Kier molecular flexibility index (Phi) is 3.31. The fourth-order valence-electron chi connectivity index (χ4n) is 2.35. The minimum absolute atomic E-state index is 0.203. The highest BCUT2D eigenvalue weighted by Gasteiger charge is 2.21. The van der Waals surface area contributed by atoms with Crippen molar-refractivity contribution in [2.24, 2.45) is 0 Å². The van der Waals surface area contributed by atoms with Gasteiger partial charge in [0.2, 0.25) is 9.84 Å². The molecule has 0 atom stereocenters. The molecule has 5 heteroatoms. The summed E-state index contributed by atoms with van der Waals surface area (Å²) in [7, 11) is -3.62. The van der Waals surface area contributed by atoms with Gasteiger partial charge in [0, 0.05) is 17.1 Å². The second-order valence-electron chi connectivity index (χ2n) is 5.01. The number of aliphatic hydroxyl groups excluding tert-OH is 1. The van der Waals surface area contributed by atoms with E-state index in [1.807, 2.05) is 6.92 Å². The van der Waals surface area contributed by atoms with Gasteiger partial charge in [-0.15, -0.1) is 0 Å². The fraction of sp³-hybridized carbons (Fsp3) is 0.125. The van der Waals surface area contributed by atoms with Crippen LogP contribution in [0, 0.1) is 6.92 Å². The van der Waals surface area contributed by atoms with Crippen molar-refractivity contribution in [3.8, 4) is 0 Å². The molecule has 21 heavy (non-hydrogen) atoms. The first kappa shape index (κ1) is 13.9. The van der Waals surface area contributed by atoms with Gasteiger partial charge < -0.3 is 10.1 Å². The maximum absolute atomic E-state index is 12.8. The third kappa shape index (κ3) is 2.34. The number of aliphatic hydroxyl groups is 1. The highest BCUT2D eigenvalue weighted by molar-refractivity contribution is 7.91. The van der Waals surface area contributed by atoms with Crippen LogP contribution in [0.15, 0.2) is 58.5 Å². The molecule has 3 rings (SSSR count). The summed E-state index contributed by atoms with van der Waals surface area (Å²) >= 11 is 0. The number of benzene rings is 2. The third-order valence-electron chi connectivity index (χ3n) is 3.49. The van der Waals surface area contributed by atoms with Crippen LogP contribution in [-0.2, 0) is 16.4 Å². The van der Waals surface area contributed by atoms with Crippen molar-refractivity contribution in [3.63, 3.8) is 0 Å². The molecule has 108 valence electrons. The Hall–Kier alpha value is -2.11. The molecule has 0 fully saturated rings. The monoisotopic (exact) mass is 301 g/mol. The molecule has 4 nitrogen and oxygen atoms in total. The van der Waals surface area contributed by atoms with Gasteiger partial charge in [-0.2, -0.15) is 0 Å². The largest absolute Gasteiger partial charge is 0.392 e. The molecule has 0 aliphatic rings. The maximum Gasteiger partial charge on any atom is 0.207 e. The van der Waals surface area contributed by atoms with Crippen LogP contribution in [0.3, 0.4) is 0 Å². The molecule has 0 saturated carbocycles. The smallest absolute Gasteiger partial charge is 0.207 e. The number of nitrogens with one attached hydrogen (secondary N) is 1. The van der Waals surface area contributed by atoms with Crippen molar-refractivity contribution in [1.82, 2.24) is 4.98 Å².